The molecule has 272 valence electrons. The summed E-state index contributed by atoms with van der Waals surface area (Å²) in [5, 5.41) is 24.4. The average molecular weight is 801 g/mol. The summed E-state index contributed by atoms with van der Waals surface area (Å²) in [7, 11) is -23.9. The average Bonchev–Trinajstić information content (AvgIpc) is 2.97. The summed E-state index contributed by atoms with van der Waals surface area (Å²) < 4.78 is 151. The monoisotopic (exact) mass is 800 g/mol. The summed E-state index contributed by atoms with van der Waals surface area (Å²) in [6.07, 6.45) is 0. The molecule has 0 aliphatic heterocycles. The summed E-state index contributed by atoms with van der Waals surface area (Å²) in [5.41, 5.74) is 6.93. The Hall–Kier alpha value is -4.48. The molecule has 3 aromatic rings. The fraction of sp³-hybridized carbons (Fsp3) is 0.174. The normalized spacial score (nSPS) is 13.3. The lowest BCUT2D eigenvalue weighted by Crippen LogP contribution is -2.16. The molecule has 0 saturated heterocycles. The van der Waals surface area contributed by atoms with Crippen LogP contribution in [0, 0.1) is 0 Å². The molecule has 0 aliphatic carbocycles. The minimum Gasteiger partial charge on any atom is -0.478 e. The van der Waals surface area contributed by atoms with Crippen LogP contribution in [0.4, 0.5) is 34.1 Å². The molecule has 50 heavy (non-hydrogen) atoms. The van der Waals surface area contributed by atoms with Crippen LogP contribution < -0.4 is 11.5 Å². The topological polar surface area (TPSA) is 379 Å². The molecule has 22 nitrogen and oxygen atoms in total. The minimum atomic E-state index is -5.28. The maximum atomic E-state index is 12.6. The molecule has 0 unspecified atom stereocenters. The van der Waals surface area contributed by atoms with Gasteiger partial charge in [-0.1, -0.05) is 6.92 Å². The Labute approximate surface area is 283 Å². The Morgan fingerprint density at radius 1 is 0.680 bits per heavy atom. The number of carbonyl (C=O) groups is 1. The fourth-order valence-electron chi connectivity index (χ4n) is 3.82. The lowest BCUT2D eigenvalue weighted by Gasteiger charge is -2.11. The number of sulfone groups is 2. The molecule has 0 amide bonds. The maximum Gasteiger partial charge on any atom is 0.397 e. The molecular formula is C23H24N6O16S5. The number of benzene rings is 3. The van der Waals surface area contributed by atoms with Crippen LogP contribution in [-0.2, 0) is 54.5 Å². The molecule has 0 saturated carbocycles. The Balaban J connectivity index is 2.17. The van der Waals surface area contributed by atoms with Gasteiger partial charge in [0.25, 0.3) is 20.2 Å². The van der Waals surface area contributed by atoms with Crippen molar-refractivity contribution in [3.05, 3.63) is 48.0 Å². The number of carboxylic acid groups (broad SMARTS) is 1. The second-order valence-corrected chi connectivity index (χ2v) is 17.8. The maximum absolute atomic E-state index is 12.6. The molecule has 0 bridgehead atoms. The first-order valence-corrected chi connectivity index (χ1v) is 20.4. The Morgan fingerprint density at radius 2 is 1.10 bits per heavy atom. The quantitative estimate of drug-likeness (QED) is 0.0773. The number of hydrogen-bond donors (Lipinski definition) is 6. The first kappa shape index (κ1) is 40.0. The number of anilines is 2. The molecule has 0 spiro atoms. The Bertz CT molecular complexity index is 2500. The van der Waals surface area contributed by atoms with E-state index in [4.69, 9.17) is 16.0 Å². The van der Waals surface area contributed by atoms with Crippen molar-refractivity contribution in [2.75, 3.05) is 29.6 Å². The van der Waals surface area contributed by atoms with Crippen molar-refractivity contribution in [1.29, 1.82) is 0 Å². The lowest BCUT2D eigenvalue weighted by molar-refractivity contribution is 0.0698. The smallest absolute Gasteiger partial charge is 0.397 e. The number of nitrogens with two attached hydrogens (primary N) is 2. The van der Waals surface area contributed by atoms with Crippen LogP contribution in [0.5, 0.6) is 0 Å². The van der Waals surface area contributed by atoms with E-state index < -0.39 is 134 Å². The van der Waals surface area contributed by atoms with Gasteiger partial charge in [-0.25, -0.2) is 25.8 Å². The van der Waals surface area contributed by atoms with Gasteiger partial charge in [0.1, 0.15) is 38.1 Å². The summed E-state index contributed by atoms with van der Waals surface area (Å²) in [5.74, 6) is -3.34. The number of carboxylic acids is 1. The van der Waals surface area contributed by atoms with Crippen LogP contribution in [0.3, 0.4) is 0 Å². The van der Waals surface area contributed by atoms with Gasteiger partial charge >= 0.3 is 16.4 Å². The van der Waals surface area contributed by atoms with Gasteiger partial charge in [-0.05, 0) is 42.5 Å². The van der Waals surface area contributed by atoms with Crippen molar-refractivity contribution in [3.8, 4) is 0 Å². The third-order valence-corrected chi connectivity index (χ3v) is 11.8. The molecule has 0 aromatic heterocycles. The van der Waals surface area contributed by atoms with E-state index in [0.29, 0.717) is 12.1 Å². The summed E-state index contributed by atoms with van der Waals surface area (Å²) in [6.45, 7) is 0.211. The SMILES string of the molecule is CCS(=O)(=O)c1ccc(N=Nc2c(N)cc(N)c(N=Nc3ccc(S(=O)(=O)CCOS(=O)(=O)O)cc3S(=O)(=O)O)c2C(=O)O)c(S(=O)(=O)O)c1. The number of nitrogens with zero attached hydrogens (tertiary/aromatic N) is 4. The second kappa shape index (κ2) is 14.4. The number of rotatable bonds is 14. The van der Waals surface area contributed by atoms with Gasteiger partial charge in [-0.15, -0.1) is 20.5 Å². The summed E-state index contributed by atoms with van der Waals surface area (Å²) in [6, 6.07) is 5.21. The van der Waals surface area contributed by atoms with Crippen LogP contribution in [0.15, 0.2) is 82.5 Å². The first-order valence-electron chi connectivity index (χ1n) is 12.9. The van der Waals surface area contributed by atoms with Crippen LogP contribution in [0.2, 0.25) is 0 Å². The van der Waals surface area contributed by atoms with Crippen molar-refractivity contribution < 1.29 is 69.8 Å². The van der Waals surface area contributed by atoms with E-state index in [2.05, 4.69) is 24.6 Å². The minimum absolute atomic E-state index is 0.417. The van der Waals surface area contributed by atoms with Crippen molar-refractivity contribution in [3.63, 3.8) is 0 Å². The standard InChI is InChI=1S/C23H24N6O16S5/c1-2-46(32,33)12-3-5-16(18(9-12)48(36,37)38)26-28-21-14(24)11-15(25)22(20(21)23(30)31)29-27-17-6-4-13(10-19(17)49(39,40)41)47(34,35)8-7-45-50(42,43)44/h3-6,9-11H,2,7-8,24-25H2,1H3,(H,30,31)(H,36,37,38)(H,39,40,41)(H,42,43,44). The molecule has 0 heterocycles. The lowest BCUT2D eigenvalue weighted by atomic mass is 10.1. The molecule has 3 aromatic carbocycles. The Kier molecular flexibility index (Phi) is 11.5. The van der Waals surface area contributed by atoms with Crippen molar-refractivity contribution in [2.24, 2.45) is 20.5 Å². The zero-order chi connectivity index (χ0) is 38.0. The first-order chi connectivity index (χ1) is 22.8. The van der Waals surface area contributed by atoms with Gasteiger partial charge in [0.15, 0.2) is 19.7 Å². The highest BCUT2D eigenvalue weighted by atomic mass is 32.3. The molecule has 27 heteroatoms. The Morgan fingerprint density at radius 3 is 1.46 bits per heavy atom. The highest BCUT2D eigenvalue weighted by Gasteiger charge is 2.26. The highest BCUT2D eigenvalue weighted by Crippen LogP contribution is 2.42. The van der Waals surface area contributed by atoms with E-state index >= 15 is 0 Å². The third kappa shape index (κ3) is 9.60. The third-order valence-electron chi connectivity index (χ3n) is 6.16. The van der Waals surface area contributed by atoms with Crippen molar-refractivity contribution >= 4 is 90.4 Å². The van der Waals surface area contributed by atoms with E-state index in [1.165, 1.54) is 6.92 Å². The van der Waals surface area contributed by atoms with Gasteiger partial charge in [-0.2, -0.15) is 25.3 Å². The predicted molar refractivity (Wildman–Crippen MR) is 170 cm³/mol. The molecule has 3 rings (SSSR count). The van der Waals surface area contributed by atoms with E-state index in [1.807, 2.05) is 0 Å². The molecule has 0 fully saturated rings. The molecule has 8 N–H and O–H groups in total. The zero-order valence-electron chi connectivity index (χ0n) is 24.8. The van der Waals surface area contributed by atoms with Crippen LogP contribution in [-0.4, -0.2) is 84.9 Å². The molecule has 0 atom stereocenters. The molecular weight excluding hydrogens is 777 g/mol. The van der Waals surface area contributed by atoms with Crippen molar-refractivity contribution in [2.45, 2.75) is 26.5 Å². The molecule has 0 aliphatic rings. The van der Waals surface area contributed by atoms with Crippen LogP contribution in [0.1, 0.15) is 17.3 Å². The number of hydrogen-bond acceptors (Lipinski definition) is 18. The van der Waals surface area contributed by atoms with Gasteiger partial charge in [0.2, 0.25) is 0 Å². The van der Waals surface area contributed by atoms with Gasteiger partial charge in [-0.3, -0.25) is 13.7 Å². The number of nitrogen functional groups attached to an aromatic ring is 2. The number of aromatic carboxylic acids is 1. The van der Waals surface area contributed by atoms with E-state index in [1.54, 1.807) is 0 Å². The van der Waals surface area contributed by atoms with E-state index in [9.17, 15) is 61.1 Å². The summed E-state index contributed by atoms with van der Waals surface area (Å²) >= 11 is 0. The van der Waals surface area contributed by atoms with Crippen LogP contribution in [0.25, 0.3) is 0 Å². The van der Waals surface area contributed by atoms with Gasteiger partial charge in [0, 0.05) is 0 Å². The highest BCUT2D eigenvalue weighted by molar-refractivity contribution is 7.92. The van der Waals surface area contributed by atoms with Crippen LogP contribution >= 0.6 is 0 Å². The van der Waals surface area contributed by atoms with Crippen molar-refractivity contribution in [1.82, 2.24) is 0 Å². The largest absolute Gasteiger partial charge is 0.478 e. The zero-order valence-corrected chi connectivity index (χ0v) is 28.9. The van der Waals surface area contributed by atoms with E-state index in [0.717, 1.165) is 30.3 Å². The second-order valence-electron chi connectivity index (χ2n) is 9.51. The number of azo groups is 2. The van der Waals surface area contributed by atoms with Gasteiger partial charge < -0.3 is 16.6 Å². The predicted octanol–water partition coefficient (Wildman–Crippen LogP) is 2.26. The summed E-state index contributed by atoms with van der Waals surface area (Å²) in [4.78, 5) is 8.87. The van der Waals surface area contributed by atoms with Gasteiger partial charge in [0.05, 0.1) is 39.3 Å². The molecule has 0 radical (unpaired) electrons. The fourth-order valence-corrected chi connectivity index (χ4v) is 7.68. The van der Waals surface area contributed by atoms with E-state index in [-0.39, 0.29) is 0 Å².